The number of aliphatic carboxylic acids is 1. The molecule has 2 amide bonds. The summed E-state index contributed by atoms with van der Waals surface area (Å²) >= 11 is 0. The molecule has 0 radical (unpaired) electrons. The lowest BCUT2D eigenvalue weighted by molar-refractivity contribution is -0.143. The van der Waals surface area contributed by atoms with Crippen molar-refractivity contribution in [2.45, 2.75) is 31.9 Å². The van der Waals surface area contributed by atoms with Crippen molar-refractivity contribution in [3.63, 3.8) is 0 Å². The van der Waals surface area contributed by atoms with E-state index >= 15 is 0 Å². The Bertz CT molecular complexity index is 544. The molecule has 0 aromatic heterocycles. The van der Waals surface area contributed by atoms with E-state index in [0.717, 1.165) is 18.4 Å². The molecule has 118 valence electrons. The second kappa shape index (κ2) is 6.36. The zero-order valence-corrected chi connectivity index (χ0v) is 12.4. The van der Waals surface area contributed by atoms with Gasteiger partial charge >= 0.3 is 12.0 Å². The number of benzene rings is 1. The molecule has 1 heterocycles. The number of hydrogen-bond acceptors (Lipinski definition) is 3. The fourth-order valence-electron chi connectivity index (χ4n) is 2.70. The van der Waals surface area contributed by atoms with Gasteiger partial charge in [-0.25, -0.2) is 14.7 Å². The van der Waals surface area contributed by atoms with E-state index in [4.69, 9.17) is 4.84 Å². The van der Waals surface area contributed by atoms with Gasteiger partial charge in [-0.1, -0.05) is 43.2 Å². The first kappa shape index (κ1) is 14.8. The molecule has 1 aromatic rings. The molecular formula is C16H20N2O4. The molecule has 1 saturated heterocycles. The number of hydrogen-bond donors (Lipinski definition) is 1. The Morgan fingerprint density at radius 3 is 2.64 bits per heavy atom. The van der Waals surface area contributed by atoms with Crippen LogP contribution in [0.1, 0.15) is 24.8 Å². The predicted molar refractivity (Wildman–Crippen MR) is 78.8 cm³/mol. The number of carbonyl (C=O) groups is 2. The lowest BCUT2D eigenvalue weighted by Gasteiger charge is -2.24. The largest absolute Gasteiger partial charge is 0.480 e. The van der Waals surface area contributed by atoms with Crippen LogP contribution < -0.4 is 0 Å². The summed E-state index contributed by atoms with van der Waals surface area (Å²) in [5, 5.41) is 10.6. The van der Waals surface area contributed by atoms with Crippen molar-refractivity contribution < 1.29 is 19.5 Å². The summed E-state index contributed by atoms with van der Waals surface area (Å²) in [6.45, 7) is 1.11. The van der Waals surface area contributed by atoms with Gasteiger partial charge in [-0.2, -0.15) is 0 Å². The minimum atomic E-state index is -0.926. The average molecular weight is 304 g/mol. The summed E-state index contributed by atoms with van der Waals surface area (Å²) < 4.78 is 0. The summed E-state index contributed by atoms with van der Waals surface area (Å²) in [5.74, 6) is -0.474. The fraction of sp³-hybridized carbons (Fsp3) is 0.500. The molecule has 0 bridgehead atoms. The molecule has 1 N–H and O–H groups in total. The van der Waals surface area contributed by atoms with E-state index in [-0.39, 0.29) is 6.03 Å². The van der Waals surface area contributed by atoms with Gasteiger partial charge in [0.15, 0.2) is 0 Å². The van der Waals surface area contributed by atoms with Crippen molar-refractivity contribution in [1.29, 1.82) is 0 Å². The second-order valence-electron chi connectivity index (χ2n) is 5.87. The molecule has 2 aliphatic rings. The molecule has 1 aliphatic heterocycles. The van der Waals surface area contributed by atoms with Crippen molar-refractivity contribution in [2.24, 2.45) is 5.92 Å². The number of rotatable bonds is 7. The maximum atomic E-state index is 12.3. The van der Waals surface area contributed by atoms with E-state index in [0.29, 0.717) is 32.0 Å². The monoisotopic (exact) mass is 304 g/mol. The highest BCUT2D eigenvalue weighted by Crippen LogP contribution is 2.35. The van der Waals surface area contributed by atoms with E-state index < -0.39 is 12.0 Å². The third-order valence-electron chi connectivity index (χ3n) is 4.15. The number of carbonyl (C=O) groups excluding carboxylic acids is 1. The predicted octanol–water partition coefficient (Wildman–Crippen LogP) is 2.11. The van der Waals surface area contributed by atoms with Gasteiger partial charge in [0.1, 0.15) is 12.6 Å². The van der Waals surface area contributed by atoms with E-state index in [1.54, 1.807) is 0 Å². The van der Waals surface area contributed by atoms with Gasteiger partial charge in [-0.05, 0) is 17.9 Å². The lowest BCUT2D eigenvalue weighted by Crippen LogP contribution is -2.44. The summed E-state index contributed by atoms with van der Waals surface area (Å²) in [4.78, 5) is 30.7. The van der Waals surface area contributed by atoms with Crippen LogP contribution >= 0.6 is 0 Å². The van der Waals surface area contributed by atoms with Gasteiger partial charge in [0.25, 0.3) is 0 Å². The van der Waals surface area contributed by atoms with Crippen LogP contribution in [0.25, 0.3) is 0 Å². The van der Waals surface area contributed by atoms with Gasteiger partial charge < -0.3 is 10.0 Å². The first-order valence-corrected chi connectivity index (χ1v) is 7.63. The maximum absolute atomic E-state index is 12.3. The fourth-order valence-corrected chi connectivity index (χ4v) is 2.70. The molecule has 6 heteroatoms. The van der Waals surface area contributed by atoms with Crippen molar-refractivity contribution >= 4 is 12.0 Å². The van der Waals surface area contributed by atoms with E-state index in [1.165, 1.54) is 9.96 Å². The second-order valence-corrected chi connectivity index (χ2v) is 5.87. The van der Waals surface area contributed by atoms with Crippen LogP contribution in [-0.2, 0) is 16.2 Å². The zero-order valence-electron chi connectivity index (χ0n) is 12.4. The Hall–Kier alpha value is -2.08. The summed E-state index contributed by atoms with van der Waals surface area (Å²) in [6.07, 6.45) is 2.69. The molecule has 1 atom stereocenters. The number of hydroxylamine groups is 2. The Labute approximate surface area is 129 Å². The van der Waals surface area contributed by atoms with Crippen LogP contribution in [-0.4, -0.2) is 46.2 Å². The van der Waals surface area contributed by atoms with Gasteiger partial charge in [0.05, 0.1) is 6.54 Å². The highest BCUT2D eigenvalue weighted by molar-refractivity contribution is 5.83. The molecule has 1 saturated carbocycles. The number of urea groups is 1. The minimum absolute atomic E-state index is 0.306. The zero-order chi connectivity index (χ0) is 15.5. The summed E-state index contributed by atoms with van der Waals surface area (Å²) in [6, 6.07) is 8.51. The van der Waals surface area contributed by atoms with Gasteiger partial charge in [0.2, 0.25) is 0 Å². The SMILES string of the molecule is O=C(O)[C@H](CC1CC1)N1CCN(OCc2ccccc2)C1=O. The van der Waals surface area contributed by atoms with Gasteiger partial charge in [-0.15, -0.1) is 0 Å². The minimum Gasteiger partial charge on any atom is -0.480 e. The van der Waals surface area contributed by atoms with E-state index in [1.807, 2.05) is 30.3 Å². The van der Waals surface area contributed by atoms with Crippen LogP contribution in [0.5, 0.6) is 0 Å². The third-order valence-corrected chi connectivity index (χ3v) is 4.15. The Morgan fingerprint density at radius 1 is 1.27 bits per heavy atom. The van der Waals surface area contributed by atoms with Crippen LogP contribution in [0.3, 0.4) is 0 Å². The highest BCUT2D eigenvalue weighted by Gasteiger charge is 2.40. The Kier molecular flexibility index (Phi) is 4.29. The summed E-state index contributed by atoms with van der Waals surface area (Å²) in [7, 11) is 0. The quantitative estimate of drug-likeness (QED) is 0.837. The van der Waals surface area contributed by atoms with Crippen molar-refractivity contribution in [3.8, 4) is 0 Å². The van der Waals surface area contributed by atoms with Crippen molar-refractivity contribution in [2.75, 3.05) is 13.1 Å². The standard InChI is InChI=1S/C16H20N2O4/c19-15(20)14(10-12-6-7-12)17-8-9-18(16(17)21)22-11-13-4-2-1-3-5-13/h1-5,12,14H,6-11H2,(H,19,20)/t14-/m0/s1. The number of carboxylic acids is 1. The normalized spacial score (nSPS) is 19.5. The van der Waals surface area contributed by atoms with Crippen molar-refractivity contribution in [3.05, 3.63) is 35.9 Å². The first-order chi connectivity index (χ1) is 10.6. The molecule has 0 spiro atoms. The van der Waals surface area contributed by atoms with Crippen molar-refractivity contribution in [1.82, 2.24) is 9.96 Å². The third kappa shape index (κ3) is 3.39. The van der Waals surface area contributed by atoms with Crippen LogP contribution in [0.4, 0.5) is 4.79 Å². The van der Waals surface area contributed by atoms with E-state index in [9.17, 15) is 14.7 Å². The van der Waals surface area contributed by atoms with Gasteiger partial charge in [-0.3, -0.25) is 4.84 Å². The molecule has 1 aliphatic carbocycles. The molecule has 3 rings (SSSR count). The number of nitrogens with zero attached hydrogens (tertiary/aromatic N) is 2. The Morgan fingerprint density at radius 2 is 2.00 bits per heavy atom. The average Bonchev–Trinajstić information content (AvgIpc) is 3.27. The number of carboxylic acid groups (broad SMARTS) is 1. The molecule has 6 nitrogen and oxygen atoms in total. The molecule has 0 unspecified atom stereocenters. The molecule has 1 aromatic carbocycles. The molecule has 2 fully saturated rings. The number of amides is 2. The van der Waals surface area contributed by atoms with Crippen LogP contribution in [0.15, 0.2) is 30.3 Å². The summed E-state index contributed by atoms with van der Waals surface area (Å²) in [5.41, 5.74) is 0.974. The van der Waals surface area contributed by atoms with E-state index in [2.05, 4.69) is 0 Å². The smallest absolute Gasteiger partial charge is 0.344 e. The molecule has 22 heavy (non-hydrogen) atoms. The van der Waals surface area contributed by atoms with Crippen LogP contribution in [0.2, 0.25) is 0 Å². The van der Waals surface area contributed by atoms with Gasteiger partial charge in [0, 0.05) is 6.54 Å². The topological polar surface area (TPSA) is 70.1 Å². The molecular weight excluding hydrogens is 284 g/mol. The van der Waals surface area contributed by atoms with Crippen LogP contribution in [0, 0.1) is 5.92 Å². The first-order valence-electron chi connectivity index (χ1n) is 7.63. The Balaban J connectivity index is 1.57. The highest BCUT2D eigenvalue weighted by atomic mass is 16.7. The lowest BCUT2D eigenvalue weighted by atomic mass is 10.1. The maximum Gasteiger partial charge on any atom is 0.344 e.